The second-order valence-corrected chi connectivity index (χ2v) is 7.21. The van der Waals surface area contributed by atoms with Gasteiger partial charge in [-0.2, -0.15) is 18.2 Å². The first kappa shape index (κ1) is 19.2. The van der Waals surface area contributed by atoms with Gasteiger partial charge in [-0.3, -0.25) is 4.79 Å². The zero-order valence-corrected chi connectivity index (χ0v) is 15.8. The van der Waals surface area contributed by atoms with Crippen LogP contribution < -0.4 is 4.90 Å². The van der Waals surface area contributed by atoms with Gasteiger partial charge in [-0.15, -0.1) is 0 Å². The van der Waals surface area contributed by atoms with Gasteiger partial charge in [0, 0.05) is 24.2 Å². The van der Waals surface area contributed by atoms with Crippen molar-refractivity contribution in [1.82, 2.24) is 10.1 Å². The lowest BCUT2D eigenvalue weighted by Gasteiger charge is -2.17. The number of hydrogen-bond acceptors (Lipinski definition) is 4. The van der Waals surface area contributed by atoms with Crippen LogP contribution in [0.2, 0.25) is 0 Å². The monoisotopic (exact) mass is 401 g/mol. The Morgan fingerprint density at radius 2 is 1.90 bits per heavy atom. The third-order valence-electron chi connectivity index (χ3n) is 5.17. The molecule has 1 aliphatic heterocycles. The van der Waals surface area contributed by atoms with Crippen molar-refractivity contribution >= 4 is 11.6 Å². The number of carbonyl (C=O) groups is 1. The third-order valence-corrected chi connectivity index (χ3v) is 5.17. The van der Waals surface area contributed by atoms with E-state index >= 15 is 0 Å². The molecule has 8 heteroatoms. The Labute approximate surface area is 165 Å². The summed E-state index contributed by atoms with van der Waals surface area (Å²) >= 11 is 0. The van der Waals surface area contributed by atoms with Crippen LogP contribution in [-0.4, -0.2) is 22.6 Å². The van der Waals surface area contributed by atoms with Gasteiger partial charge < -0.3 is 9.42 Å². The molecule has 3 aromatic rings. The van der Waals surface area contributed by atoms with Crippen LogP contribution in [0.15, 0.2) is 47.0 Å². The molecule has 4 rings (SSSR count). The molecule has 29 heavy (non-hydrogen) atoms. The molecule has 1 aliphatic rings. The SMILES string of the molecule is Cc1ccc(N2C[C@@H](c3nc(-c4cccc(C(F)(F)F)c4)no3)CC2=O)cc1C. The highest BCUT2D eigenvalue weighted by molar-refractivity contribution is 5.96. The summed E-state index contributed by atoms with van der Waals surface area (Å²) in [6, 6.07) is 10.6. The molecule has 2 aromatic carbocycles. The Balaban J connectivity index is 1.56. The molecule has 0 aliphatic carbocycles. The molecule has 0 saturated carbocycles. The first-order chi connectivity index (χ1) is 13.7. The number of nitrogens with zero attached hydrogens (tertiary/aromatic N) is 3. The summed E-state index contributed by atoms with van der Waals surface area (Å²) in [6.45, 7) is 4.36. The van der Waals surface area contributed by atoms with Crippen molar-refractivity contribution in [1.29, 1.82) is 0 Å². The molecule has 0 N–H and O–H groups in total. The lowest BCUT2D eigenvalue weighted by atomic mass is 10.1. The van der Waals surface area contributed by atoms with E-state index in [1.165, 1.54) is 12.1 Å². The Hall–Kier alpha value is -3.16. The minimum Gasteiger partial charge on any atom is -0.339 e. The molecule has 2 heterocycles. The molecule has 0 spiro atoms. The van der Waals surface area contributed by atoms with Gasteiger partial charge in [-0.1, -0.05) is 23.4 Å². The largest absolute Gasteiger partial charge is 0.416 e. The van der Waals surface area contributed by atoms with Gasteiger partial charge in [-0.25, -0.2) is 0 Å². The van der Waals surface area contributed by atoms with Crippen molar-refractivity contribution in [2.75, 3.05) is 11.4 Å². The molecule has 0 unspecified atom stereocenters. The molecule has 150 valence electrons. The van der Waals surface area contributed by atoms with E-state index in [4.69, 9.17) is 4.52 Å². The molecular formula is C21H18F3N3O2. The summed E-state index contributed by atoms with van der Waals surface area (Å²) in [7, 11) is 0. The molecule has 1 atom stereocenters. The van der Waals surface area contributed by atoms with Gasteiger partial charge in [-0.05, 0) is 49.2 Å². The van der Waals surface area contributed by atoms with E-state index in [1.54, 1.807) is 4.90 Å². The average molecular weight is 401 g/mol. The van der Waals surface area contributed by atoms with E-state index in [-0.39, 0.29) is 35.5 Å². The highest BCUT2D eigenvalue weighted by Gasteiger charge is 2.35. The maximum absolute atomic E-state index is 12.9. The molecule has 1 fully saturated rings. The van der Waals surface area contributed by atoms with Crippen LogP contribution in [0.4, 0.5) is 18.9 Å². The highest BCUT2D eigenvalue weighted by Crippen LogP contribution is 2.34. The summed E-state index contributed by atoms with van der Waals surface area (Å²) < 4.78 is 44.1. The normalized spacial score (nSPS) is 17.2. The van der Waals surface area contributed by atoms with Crippen molar-refractivity contribution in [2.45, 2.75) is 32.4 Å². The van der Waals surface area contributed by atoms with Crippen molar-refractivity contribution in [3.8, 4) is 11.4 Å². The van der Waals surface area contributed by atoms with E-state index in [0.717, 1.165) is 28.9 Å². The number of aromatic nitrogens is 2. The minimum absolute atomic E-state index is 0.0583. The molecular weight excluding hydrogens is 383 g/mol. The Morgan fingerprint density at radius 3 is 2.62 bits per heavy atom. The Kier molecular flexibility index (Phi) is 4.64. The maximum Gasteiger partial charge on any atom is 0.416 e. The smallest absolute Gasteiger partial charge is 0.339 e. The van der Waals surface area contributed by atoms with E-state index in [2.05, 4.69) is 10.1 Å². The second-order valence-electron chi connectivity index (χ2n) is 7.21. The van der Waals surface area contributed by atoms with E-state index in [9.17, 15) is 18.0 Å². The van der Waals surface area contributed by atoms with Crippen LogP contribution in [0.1, 0.15) is 34.9 Å². The van der Waals surface area contributed by atoms with Crippen LogP contribution in [0.5, 0.6) is 0 Å². The van der Waals surface area contributed by atoms with Crippen molar-refractivity contribution in [2.24, 2.45) is 0 Å². The highest BCUT2D eigenvalue weighted by atomic mass is 19.4. The van der Waals surface area contributed by atoms with Gasteiger partial charge in [0.25, 0.3) is 0 Å². The second kappa shape index (κ2) is 7.02. The molecule has 1 saturated heterocycles. The average Bonchev–Trinajstić information content (AvgIpc) is 3.30. The zero-order valence-electron chi connectivity index (χ0n) is 15.8. The van der Waals surface area contributed by atoms with E-state index in [0.29, 0.717) is 6.54 Å². The summed E-state index contributed by atoms with van der Waals surface area (Å²) in [6.07, 6.45) is -4.25. The number of halogens is 3. The fraction of sp³-hybridized carbons (Fsp3) is 0.286. The number of benzene rings is 2. The lowest BCUT2D eigenvalue weighted by Crippen LogP contribution is -2.24. The third kappa shape index (κ3) is 3.74. The number of rotatable bonds is 3. The van der Waals surface area contributed by atoms with Crippen molar-refractivity contribution in [3.05, 3.63) is 65.0 Å². The minimum atomic E-state index is -4.45. The van der Waals surface area contributed by atoms with Crippen LogP contribution in [0.3, 0.4) is 0 Å². The molecule has 0 radical (unpaired) electrons. The van der Waals surface area contributed by atoms with Gasteiger partial charge in [0.2, 0.25) is 17.6 Å². The first-order valence-corrected chi connectivity index (χ1v) is 9.11. The number of alkyl halides is 3. The Bertz CT molecular complexity index is 1080. The van der Waals surface area contributed by atoms with Crippen molar-refractivity contribution < 1.29 is 22.5 Å². The summed E-state index contributed by atoms with van der Waals surface area (Å²) in [4.78, 5) is 18.4. The summed E-state index contributed by atoms with van der Waals surface area (Å²) in [5, 5.41) is 3.82. The maximum atomic E-state index is 12.9. The fourth-order valence-corrected chi connectivity index (χ4v) is 3.37. The standard InChI is InChI=1S/C21H18F3N3O2/c1-12-6-7-17(8-13(12)2)27-11-15(10-18(27)28)20-25-19(26-29-20)14-4-3-5-16(9-14)21(22,23)24/h3-9,15H,10-11H2,1-2H3/t15-/m0/s1. The zero-order chi connectivity index (χ0) is 20.8. The topological polar surface area (TPSA) is 59.2 Å². The number of hydrogen-bond donors (Lipinski definition) is 0. The number of anilines is 1. The first-order valence-electron chi connectivity index (χ1n) is 9.11. The number of carbonyl (C=O) groups excluding carboxylic acids is 1. The molecule has 0 bridgehead atoms. The van der Waals surface area contributed by atoms with Crippen molar-refractivity contribution in [3.63, 3.8) is 0 Å². The molecule has 1 aromatic heterocycles. The molecule has 1 amide bonds. The number of amides is 1. The Morgan fingerprint density at radius 1 is 1.10 bits per heavy atom. The number of aryl methyl sites for hydroxylation is 2. The quantitative estimate of drug-likeness (QED) is 0.627. The van der Waals surface area contributed by atoms with E-state index in [1.807, 2.05) is 32.0 Å². The predicted octanol–water partition coefficient (Wildman–Crippen LogP) is 4.89. The molecule has 5 nitrogen and oxygen atoms in total. The summed E-state index contributed by atoms with van der Waals surface area (Å²) in [5.41, 5.74) is 2.46. The van der Waals surface area contributed by atoms with Crippen LogP contribution in [-0.2, 0) is 11.0 Å². The fourth-order valence-electron chi connectivity index (χ4n) is 3.37. The van der Waals surface area contributed by atoms with Crippen LogP contribution >= 0.6 is 0 Å². The van der Waals surface area contributed by atoms with Gasteiger partial charge in [0.1, 0.15) is 0 Å². The van der Waals surface area contributed by atoms with E-state index < -0.39 is 11.7 Å². The lowest BCUT2D eigenvalue weighted by molar-refractivity contribution is -0.137. The predicted molar refractivity (Wildman–Crippen MR) is 100 cm³/mol. The van der Waals surface area contributed by atoms with Gasteiger partial charge in [0.15, 0.2) is 0 Å². The van der Waals surface area contributed by atoms with Gasteiger partial charge >= 0.3 is 6.18 Å². The van der Waals surface area contributed by atoms with Crippen LogP contribution in [0, 0.1) is 13.8 Å². The van der Waals surface area contributed by atoms with Gasteiger partial charge in [0.05, 0.1) is 11.5 Å². The van der Waals surface area contributed by atoms with Crippen LogP contribution in [0.25, 0.3) is 11.4 Å². The summed E-state index contributed by atoms with van der Waals surface area (Å²) in [5.74, 6) is -0.0477.